The summed E-state index contributed by atoms with van der Waals surface area (Å²) in [6.45, 7) is 2.03. The van der Waals surface area contributed by atoms with Crippen LogP contribution < -0.4 is 29.6 Å². The molecule has 0 unspecified atom stereocenters. The molecular weight excluding hydrogens is 396 g/mol. The quantitative estimate of drug-likeness (QED) is 0.340. The summed E-state index contributed by atoms with van der Waals surface area (Å²) in [4.78, 5) is 15.5. The highest BCUT2D eigenvalue weighted by Crippen LogP contribution is 2.47. The van der Waals surface area contributed by atoms with Gasteiger partial charge in [0.15, 0.2) is 17.3 Å². The second-order valence-corrected chi connectivity index (χ2v) is 7.19. The Morgan fingerprint density at radius 3 is 2.13 bits per heavy atom. The molecule has 31 heavy (non-hydrogen) atoms. The number of hydrogen-bond acceptors (Lipinski definition) is 7. The van der Waals surface area contributed by atoms with Crippen LogP contribution in [0.4, 0.5) is 11.4 Å². The molecule has 0 atom stereocenters. The smallest absolute Gasteiger partial charge is 0.208 e. The number of rotatable bonds is 10. The van der Waals surface area contributed by atoms with Crippen molar-refractivity contribution in [3.05, 3.63) is 41.0 Å². The summed E-state index contributed by atoms with van der Waals surface area (Å²) in [6.07, 6.45) is 3.29. The maximum absolute atomic E-state index is 13.6. The van der Waals surface area contributed by atoms with Crippen LogP contribution in [0.5, 0.6) is 23.0 Å². The number of carbonyl (C=O) groups excluding carboxylic acids is 1. The van der Waals surface area contributed by atoms with Crippen molar-refractivity contribution in [3.63, 3.8) is 0 Å². The van der Waals surface area contributed by atoms with Gasteiger partial charge < -0.3 is 29.6 Å². The molecule has 0 aromatic heterocycles. The van der Waals surface area contributed by atoms with E-state index in [0.717, 1.165) is 17.7 Å². The Hall–Kier alpha value is -3.35. The maximum Gasteiger partial charge on any atom is 0.208 e. The number of hydrogen-bond donors (Lipinski definition) is 1. The first-order valence-electron chi connectivity index (χ1n) is 10.0. The fourth-order valence-electron chi connectivity index (χ4n) is 3.43. The summed E-state index contributed by atoms with van der Waals surface area (Å²) < 4.78 is 21.9. The average molecular weight is 429 g/mol. The first kappa shape index (κ1) is 23.9. The van der Waals surface area contributed by atoms with Gasteiger partial charge in [-0.3, -0.25) is 4.79 Å². The van der Waals surface area contributed by atoms with Crippen molar-refractivity contribution in [3.8, 4) is 23.0 Å². The molecule has 2 aromatic carbocycles. The lowest BCUT2D eigenvalue weighted by Crippen LogP contribution is -2.11. The highest BCUT2D eigenvalue weighted by Gasteiger charge is 2.26. The van der Waals surface area contributed by atoms with Crippen molar-refractivity contribution in [2.24, 2.45) is 0 Å². The summed E-state index contributed by atoms with van der Waals surface area (Å²) in [7, 11) is 9.86. The summed E-state index contributed by atoms with van der Waals surface area (Å²) >= 11 is 0. The van der Waals surface area contributed by atoms with E-state index in [0.29, 0.717) is 46.2 Å². The fourth-order valence-corrected chi connectivity index (χ4v) is 3.43. The lowest BCUT2D eigenvalue weighted by Gasteiger charge is -2.19. The zero-order chi connectivity index (χ0) is 23.1. The second-order valence-electron chi connectivity index (χ2n) is 7.19. The van der Waals surface area contributed by atoms with E-state index in [9.17, 15) is 4.79 Å². The van der Waals surface area contributed by atoms with Gasteiger partial charge in [0.2, 0.25) is 11.5 Å². The third-order valence-corrected chi connectivity index (χ3v) is 4.92. The normalized spacial score (nSPS) is 11.1. The SMILES string of the molecule is CCCC(=Cc1ccc(N)c(N(C)C)c1)C(=O)c1cc(OC)c(OC)c(OC)c1OC. The van der Waals surface area contributed by atoms with Crippen LogP contribution in [0, 0.1) is 0 Å². The monoisotopic (exact) mass is 428 g/mol. The molecule has 7 nitrogen and oxygen atoms in total. The van der Waals surface area contributed by atoms with Crippen molar-refractivity contribution in [1.29, 1.82) is 0 Å². The number of carbonyl (C=O) groups is 1. The van der Waals surface area contributed by atoms with Crippen LogP contribution in [-0.2, 0) is 0 Å². The van der Waals surface area contributed by atoms with Crippen LogP contribution in [0.3, 0.4) is 0 Å². The Balaban J connectivity index is 2.65. The van der Waals surface area contributed by atoms with Crippen LogP contribution in [0.2, 0.25) is 0 Å². The number of nitrogens with two attached hydrogens (primary N) is 1. The van der Waals surface area contributed by atoms with Crippen molar-refractivity contribution in [2.45, 2.75) is 19.8 Å². The maximum atomic E-state index is 13.6. The summed E-state index contributed by atoms with van der Waals surface area (Å²) in [6, 6.07) is 7.33. The number of nitrogen functional groups attached to an aromatic ring is 1. The summed E-state index contributed by atoms with van der Waals surface area (Å²) in [5.41, 5.74) is 9.52. The van der Waals surface area contributed by atoms with E-state index in [-0.39, 0.29) is 5.78 Å². The Morgan fingerprint density at radius 1 is 0.968 bits per heavy atom. The predicted molar refractivity (Wildman–Crippen MR) is 125 cm³/mol. The van der Waals surface area contributed by atoms with Crippen LogP contribution in [0.25, 0.3) is 6.08 Å². The molecule has 0 saturated carbocycles. The van der Waals surface area contributed by atoms with Crippen molar-refractivity contribution >= 4 is 23.2 Å². The van der Waals surface area contributed by atoms with Gasteiger partial charge in [-0.15, -0.1) is 0 Å². The van der Waals surface area contributed by atoms with Gasteiger partial charge in [0, 0.05) is 19.7 Å². The summed E-state index contributed by atoms with van der Waals surface area (Å²) in [5.74, 6) is 1.21. The second kappa shape index (κ2) is 10.6. The first-order chi connectivity index (χ1) is 14.8. The lowest BCUT2D eigenvalue weighted by molar-refractivity contribution is 0.102. The van der Waals surface area contributed by atoms with Crippen molar-refractivity contribution in [1.82, 2.24) is 0 Å². The number of ketones is 1. The zero-order valence-electron chi connectivity index (χ0n) is 19.4. The predicted octanol–water partition coefficient (Wildman–Crippen LogP) is 4.44. The minimum absolute atomic E-state index is 0.166. The molecule has 0 aliphatic rings. The van der Waals surface area contributed by atoms with Gasteiger partial charge in [-0.2, -0.15) is 0 Å². The third-order valence-electron chi connectivity index (χ3n) is 4.92. The van der Waals surface area contributed by atoms with Crippen LogP contribution in [0.15, 0.2) is 29.8 Å². The molecular formula is C24H32N2O5. The molecule has 0 radical (unpaired) electrons. The van der Waals surface area contributed by atoms with Gasteiger partial charge in [-0.1, -0.05) is 19.4 Å². The molecule has 7 heteroatoms. The number of allylic oxidation sites excluding steroid dienone is 1. The van der Waals surface area contributed by atoms with E-state index in [4.69, 9.17) is 24.7 Å². The lowest BCUT2D eigenvalue weighted by atomic mass is 9.95. The molecule has 0 heterocycles. The molecule has 0 amide bonds. The Bertz CT molecular complexity index is 967. The Kier molecular flexibility index (Phi) is 8.19. The third kappa shape index (κ3) is 5.05. The number of anilines is 2. The van der Waals surface area contributed by atoms with E-state index in [1.165, 1.54) is 28.4 Å². The van der Waals surface area contributed by atoms with Gasteiger partial charge in [0.1, 0.15) is 0 Å². The number of ether oxygens (including phenoxy) is 4. The van der Waals surface area contributed by atoms with Crippen molar-refractivity contribution in [2.75, 3.05) is 53.2 Å². The van der Waals surface area contributed by atoms with Gasteiger partial charge in [0.25, 0.3) is 0 Å². The van der Waals surface area contributed by atoms with Crippen LogP contribution in [-0.4, -0.2) is 48.3 Å². The van der Waals surface area contributed by atoms with Crippen molar-refractivity contribution < 1.29 is 23.7 Å². The largest absolute Gasteiger partial charge is 0.493 e. The van der Waals surface area contributed by atoms with E-state index in [1.54, 1.807) is 6.07 Å². The standard InChI is InChI=1S/C24H32N2O5/c1-8-9-16(12-15-10-11-18(25)19(13-15)26(2)3)21(27)17-14-20(28-4)23(30-6)24(31-7)22(17)29-5/h10-14H,8-9,25H2,1-7H3. The molecule has 0 fully saturated rings. The minimum atomic E-state index is -0.166. The number of nitrogens with zero attached hydrogens (tertiary/aromatic N) is 1. The molecule has 2 aromatic rings. The van der Waals surface area contributed by atoms with Crippen LogP contribution in [0.1, 0.15) is 35.7 Å². The van der Waals surface area contributed by atoms with E-state index < -0.39 is 0 Å². The Morgan fingerprint density at radius 2 is 1.61 bits per heavy atom. The van der Waals surface area contributed by atoms with E-state index >= 15 is 0 Å². The molecule has 0 spiro atoms. The van der Waals surface area contributed by atoms with Gasteiger partial charge in [0.05, 0.1) is 45.4 Å². The van der Waals surface area contributed by atoms with E-state index in [1.807, 2.05) is 50.2 Å². The summed E-state index contributed by atoms with van der Waals surface area (Å²) in [5, 5.41) is 0. The number of methoxy groups -OCH3 is 4. The zero-order valence-corrected chi connectivity index (χ0v) is 19.4. The van der Waals surface area contributed by atoms with Gasteiger partial charge in [-0.25, -0.2) is 0 Å². The molecule has 0 saturated heterocycles. The van der Waals surface area contributed by atoms with Gasteiger partial charge >= 0.3 is 0 Å². The molecule has 0 bridgehead atoms. The molecule has 2 N–H and O–H groups in total. The first-order valence-corrected chi connectivity index (χ1v) is 10.0. The Labute approximate surface area is 184 Å². The highest BCUT2D eigenvalue weighted by molar-refractivity contribution is 6.14. The van der Waals surface area contributed by atoms with Crippen LogP contribution >= 0.6 is 0 Å². The fraction of sp³-hybridized carbons (Fsp3) is 0.375. The number of benzene rings is 2. The van der Waals surface area contributed by atoms with E-state index in [2.05, 4.69) is 0 Å². The highest BCUT2D eigenvalue weighted by atomic mass is 16.5. The molecule has 2 rings (SSSR count). The van der Waals surface area contributed by atoms with Gasteiger partial charge in [-0.05, 0) is 36.3 Å². The minimum Gasteiger partial charge on any atom is -0.493 e. The number of Topliss-reactive ketones (excluding diaryl/α,β-unsaturated/α-hetero) is 1. The topological polar surface area (TPSA) is 83.3 Å². The molecule has 0 aliphatic carbocycles. The average Bonchev–Trinajstić information content (AvgIpc) is 2.77. The molecule has 0 aliphatic heterocycles. The molecule has 168 valence electrons.